The number of alkyl halides is 3. The van der Waals surface area contributed by atoms with Crippen molar-refractivity contribution in [3.63, 3.8) is 0 Å². The van der Waals surface area contributed by atoms with Crippen molar-refractivity contribution in [2.75, 3.05) is 18.8 Å². The smallest absolute Gasteiger partial charge is 0.351 e. The highest BCUT2D eigenvalue weighted by molar-refractivity contribution is 7.99. The monoisotopic (exact) mass is 399 g/mol. The second-order valence-electron chi connectivity index (χ2n) is 6.43. The lowest BCUT2D eigenvalue weighted by Gasteiger charge is -2.16. The highest BCUT2D eigenvalue weighted by Crippen LogP contribution is 2.29. The van der Waals surface area contributed by atoms with E-state index in [2.05, 4.69) is 32.5 Å². The van der Waals surface area contributed by atoms with Gasteiger partial charge in [0.1, 0.15) is 0 Å². The predicted molar refractivity (Wildman–Crippen MR) is 95.0 cm³/mol. The molecule has 1 saturated heterocycles. The Morgan fingerprint density at radius 2 is 2.04 bits per heavy atom. The largest absolute Gasteiger partial charge is 0.451 e. The van der Waals surface area contributed by atoms with Gasteiger partial charge in [0.2, 0.25) is 11.7 Å². The van der Waals surface area contributed by atoms with Crippen LogP contribution in [-0.4, -0.2) is 50.5 Å². The lowest BCUT2D eigenvalue weighted by atomic mass is 10.2. The van der Waals surface area contributed by atoms with Crippen LogP contribution in [0.5, 0.6) is 0 Å². The van der Waals surface area contributed by atoms with Crippen molar-refractivity contribution in [3.05, 3.63) is 41.7 Å². The van der Waals surface area contributed by atoms with E-state index in [1.54, 1.807) is 0 Å². The Hall–Kier alpha value is -2.07. The van der Waals surface area contributed by atoms with E-state index in [0.29, 0.717) is 0 Å². The number of carbonyl (C=O) groups excluding carboxylic acids is 1. The van der Waals surface area contributed by atoms with Crippen molar-refractivity contribution in [2.24, 2.45) is 7.05 Å². The number of hydrogen-bond acceptors (Lipinski definition) is 5. The van der Waals surface area contributed by atoms with E-state index in [1.165, 1.54) is 12.6 Å². The lowest BCUT2D eigenvalue weighted by Crippen LogP contribution is -2.38. The summed E-state index contributed by atoms with van der Waals surface area (Å²) in [5, 5.41) is 9.66. The molecule has 1 aliphatic heterocycles. The van der Waals surface area contributed by atoms with Crippen LogP contribution in [0.25, 0.3) is 0 Å². The minimum Gasteiger partial charge on any atom is -0.351 e. The SMILES string of the molecule is Cn1c(SCC(=O)NC2CCN(Cc3ccccc3)C2)nnc1C(F)(F)F. The first-order valence-electron chi connectivity index (χ1n) is 8.48. The number of carbonyl (C=O) groups is 1. The third kappa shape index (κ3) is 5.23. The Labute approximate surface area is 159 Å². The highest BCUT2D eigenvalue weighted by Gasteiger charge is 2.37. The maximum Gasteiger partial charge on any atom is 0.451 e. The molecule has 1 aliphatic rings. The number of hydrogen-bond donors (Lipinski definition) is 1. The average Bonchev–Trinajstić information content (AvgIpc) is 3.20. The number of nitrogens with zero attached hydrogens (tertiary/aromatic N) is 4. The fraction of sp³-hybridized carbons (Fsp3) is 0.471. The topological polar surface area (TPSA) is 63.1 Å². The van der Waals surface area contributed by atoms with Crippen molar-refractivity contribution in [3.8, 4) is 0 Å². The molecule has 0 bridgehead atoms. The third-order valence-electron chi connectivity index (χ3n) is 4.31. The Morgan fingerprint density at radius 3 is 2.70 bits per heavy atom. The van der Waals surface area contributed by atoms with Gasteiger partial charge in [0.15, 0.2) is 5.16 Å². The Bertz CT molecular complexity index is 781. The zero-order valence-electron chi connectivity index (χ0n) is 14.7. The highest BCUT2D eigenvalue weighted by atomic mass is 32.2. The normalized spacial score (nSPS) is 18.0. The number of aromatic nitrogens is 3. The molecule has 146 valence electrons. The molecule has 1 fully saturated rings. The zero-order valence-corrected chi connectivity index (χ0v) is 15.6. The van der Waals surface area contributed by atoms with Gasteiger partial charge in [0.05, 0.1) is 5.75 Å². The summed E-state index contributed by atoms with van der Waals surface area (Å²) in [5.41, 5.74) is 1.22. The number of thioether (sulfide) groups is 1. The van der Waals surface area contributed by atoms with E-state index in [4.69, 9.17) is 0 Å². The van der Waals surface area contributed by atoms with Crippen molar-refractivity contribution >= 4 is 17.7 Å². The molecular formula is C17H20F3N5OS. The van der Waals surface area contributed by atoms with Crippen LogP contribution < -0.4 is 5.32 Å². The summed E-state index contributed by atoms with van der Waals surface area (Å²) in [6, 6.07) is 10.2. The van der Waals surface area contributed by atoms with E-state index in [1.807, 2.05) is 18.2 Å². The lowest BCUT2D eigenvalue weighted by molar-refractivity contribution is -0.147. The summed E-state index contributed by atoms with van der Waals surface area (Å²) in [5.74, 6) is -1.29. The van der Waals surface area contributed by atoms with Gasteiger partial charge in [-0.1, -0.05) is 42.1 Å². The summed E-state index contributed by atoms with van der Waals surface area (Å²) in [6.07, 6.45) is -3.71. The summed E-state index contributed by atoms with van der Waals surface area (Å²) in [7, 11) is 1.24. The van der Waals surface area contributed by atoms with Gasteiger partial charge in [-0.25, -0.2) is 0 Å². The standard InChI is InChI=1S/C17H20F3N5OS/c1-24-15(17(18,19)20)22-23-16(24)27-11-14(26)21-13-7-8-25(10-13)9-12-5-3-2-4-6-12/h2-6,13H,7-11H2,1H3,(H,21,26). The molecule has 0 saturated carbocycles. The molecule has 1 amide bonds. The van der Waals surface area contributed by atoms with Crippen LogP contribution in [0.1, 0.15) is 17.8 Å². The molecule has 3 rings (SSSR count). The van der Waals surface area contributed by atoms with Crippen LogP contribution in [0, 0.1) is 0 Å². The third-order valence-corrected chi connectivity index (χ3v) is 5.33. The number of benzene rings is 1. The van der Waals surface area contributed by atoms with Gasteiger partial charge in [-0.3, -0.25) is 9.69 Å². The van der Waals surface area contributed by atoms with Crippen LogP contribution in [0.3, 0.4) is 0 Å². The molecule has 0 radical (unpaired) electrons. The number of likely N-dealkylation sites (tertiary alicyclic amines) is 1. The fourth-order valence-corrected chi connectivity index (χ4v) is 3.74. The number of nitrogens with one attached hydrogen (secondary N) is 1. The predicted octanol–water partition coefficient (Wildman–Crippen LogP) is 2.32. The molecule has 1 unspecified atom stereocenters. The minimum absolute atomic E-state index is 0.000976. The summed E-state index contributed by atoms with van der Waals surface area (Å²) >= 11 is 0.943. The summed E-state index contributed by atoms with van der Waals surface area (Å²) in [4.78, 5) is 14.4. The molecule has 27 heavy (non-hydrogen) atoms. The molecule has 6 nitrogen and oxygen atoms in total. The molecule has 1 aromatic carbocycles. The van der Waals surface area contributed by atoms with Crippen molar-refractivity contribution in [2.45, 2.75) is 30.3 Å². The van der Waals surface area contributed by atoms with Crippen LogP contribution in [0.2, 0.25) is 0 Å². The van der Waals surface area contributed by atoms with Gasteiger partial charge < -0.3 is 9.88 Å². The zero-order chi connectivity index (χ0) is 19.4. The second kappa shape index (κ2) is 8.30. The molecule has 1 N–H and O–H groups in total. The fourth-order valence-electron chi connectivity index (χ4n) is 3.02. The van der Waals surface area contributed by atoms with E-state index < -0.39 is 12.0 Å². The molecule has 1 aromatic heterocycles. The Balaban J connectivity index is 1.44. The summed E-state index contributed by atoms with van der Waals surface area (Å²) < 4.78 is 39.0. The van der Waals surface area contributed by atoms with Crippen LogP contribution in [0.4, 0.5) is 13.2 Å². The summed E-state index contributed by atoms with van der Waals surface area (Å²) in [6.45, 7) is 2.49. The van der Waals surface area contributed by atoms with Gasteiger partial charge in [-0.05, 0) is 12.0 Å². The molecule has 2 aromatic rings. The minimum atomic E-state index is -4.56. The second-order valence-corrected chi connectivity index (χ2v) is 7.37. The Morgan fingerprint density at radius 1 is 1.30 bits per heavy atom. The van der Waals surface area contributed by atoms with E-state index >= 15 is 0 Å². The van der Waals surface area contributed by atoms with Crippen LogP contribution in [0.15, 0.2) is 35.5 Å². The molecule has 0 spiro atoms. The van der Waals surface area contributed by atoms with Crippen LogP contribution in [-0.2, 0) is 24.6 Å². The van der Waals surface area contributed by atoms with Crippen LogP contribution >= 0.6 is 11.8 Å². The number of halogens is 3. The first-order valence-corrected chi connectivity index (χ1v) is 9.46. The van der Waals surface area contributed by atoms with E-state index in [-0.39, 0.29) is 22.9 Å². The molecule has 0 aliphatic carbocycles. The molecule has 2 heterocycles. The van der Waals surface area contributed by atoms with Gasteiger partial charge in [0, 0.05) is 32.7 Å². The quantitative estimate of drug-likeness (QED) is 0.756. The van der Waals surface area contributed by atoms with Crippen molar-refractivity contribution in [1.82, 2.24) is 25.0 Å². The molecule has 1 atom stereocenters. The van der Waals surface area contributed by atoms with Gasteiger partial charge in [0.25, 0.3) is 0 Å². The Kier molecular flexibility index (Phi) is 6.05. The van der Waals surface area contributed by atoms with E-state index in [9.17, 15) is 18.0 Å². The van der Waals surface area contributed by atoms with Crippen molar-refractivity contribution < 1.29 is 18.0 Å². The first-order chi connectivity index (χ1) is 12.8. The van der Waals surface area contributed by atoms with Gasteiger partial charge >= 0.3 is 6.18 Å². The average molecular weight is 399 g/mol. The van der Waals surface area contributed by atoms with Gasteiger partial charge in [-0.15, -0.1) is 10.2 Å². The number of amides is 1. The van der Waals surface area contributed by atoms with Crippen molar-refractivity contribution in [1.29, 1.82) is 0 Å². The van der Waals surface area contributed by atoms with E-state index in [0.717, 1.165) is 42.4 Å². The first kappa shape index (κ1) is 19.7. The maximum atomic E-state index is 12.7. The number of rotatable bonds is 6. The molecular weight excluding hydrogens is 379 g/mol. The van der Waals surface area contributed by atoms with Gasteiger partial charge in [-0.2, -0.15) is 13.2 Å². The molecule has 10 heteroatoms. The maximum absolute atomic E-state index is 12.7.